The number of nitrogens with zero attached hydrogens (tertiary/aromatic N) is 2. The second-order valence-corrected chi connectivity index (χ2v) is 21.4. The number of anilines is 6. The van der Waals surface area contributed by atoms with Gasteiger partial charge in [-0.1, -0.05) is 254 Å². The molecule has 0 aliphatic heterocycles. The molecule has 0 aliphatic carbocycles. The minimum atomic E-state index is 1.11. The van der Waals surface area contributed by atoms with Crippen LogP contribution in [0.1, 0.15) is 89.0 Å². The van der Waals surface area contributed by atoms with Gasteiger partial charge in [0, 0.05) is 22.7 Å². The molecule has 11 aromatic carbocycles. The van der Waals surface area contributed by atoms with E-state index in [1.807, 2.05) is 0 Å². The zero-order valence-corrected chi connectivity index (χ0v) is 47.8. The second kappa shape index (κ2) is 25.0. The summed E-state index contributed by atoms with van der Waals surface area (Å²) in [6.45, 7) is 13.2. The van der Waals surface area contributed by atoms with Crippen molar-refractivity contribution in [1.82, 2.24) is 0 Å². The Morgan fingerprint density at radius 2 is 0.451 bits per heavy atom. The molecule has 0 atom stereocenters. The molecule has 0 spiro atoms. The Balaban J connectivity index is 0.795. The zero-order chi connectivity index (χ0) is 56.4. The first-order valence-electron chi connectivity index (χ1n) is 28.4. The topological polar surface area (TPSA) is 6.48 Å². The van der Waals surface area contributed by atoms with Crippen molar-refractivity contribution in [1.29, 1.82) is 0 Å². The third-order valence-corrected chi connectivity index (χ3v) is 15.2. The molecule has 0 aliphatic rings. The van der Waals surface area contributed by atoms with Gasteiger partial charge in [-0.2, -0.15) is 0 Å². The predicted molar refractivity (Wildman–Crippen MR) is 355 cm³/mol. The Hall–Kier alpha value is -10.0. The first kappa shape index (κ1) is 54.0. The molecule has 0 heterocycles. The van der Waals surface area contributed by atoms with E-state index in [4.69, 9.17) is 0 Å². The van der Waals surface area contributed by atoms with Crippen LogP contribution in [-0.4, -0.2) is 0 Å². The van der Waals surface area contributed by atoms with E-state index < -0.39 is 0 Å². The fourth-order valence-corrected chi connectivity index (χ4v) is 11.3. The summed E-state index contributed by atoms with van der Waals surface area (Å²) in [5.74, 6) is 0. The SMILES string of the molecule is Cc1cc(C)c(N(c2ccc(C=Cc3ccc(C=Cc4ccc(N(c5ccc(C=C(c6ccccc6)c6ccccc6)cc5)c5c(C)cc(C)cc5C)cc4)cc3)cc2)c2ccc(C=C(c3ccccc3)c3ccccc3)cc2)c(C)c1. The summed E-state index contributed by atoms with van der Waals surface area (Å²) in [7, 11) is 0. The lowest BCUT2D eigenvalue weighted by atomic mass is 9.95. The van der Waals surface area contributed by atoms with E-state index in [-0.39, 0.29) is 0 Å². The van der Waals surface area contributed by atoms with Gasteiger partial charge in [-0.15, -0.1) is 0 Å². The van der Waals surface area contributed by atoms with Crippen molar-refractivity contribution < 1.29 is 0 Å². The van der Waals surface area contributed by atoms with Crippen LogP contribution in [0, 0.1) is 41.5 Å². The fraction of sp³-hybridized carbons (Fsp3) is 0.0750. The van der Waals surface area contributed by atoms with Gasteiger partial charge in [0.1, 0.15) is 0 Å². The highest BCUT2D eigenvalue weighted by Crippen LogP contribution is 2.42. The van der Waals surface area contributed by atoms with Crippen LogP contribution in [0.3, 0.4) is 0 Å². The fourth-order valence-electron chi connectivity index (χ4n) is 11.3. The van der Waals surface area contributed by atoms with Crippen LogP contribution in [-0.2, 0) is 0 Å². The van der Waals surface area contributed by atoms with Crippen molar-refractivity contribution in [2.24, 2.45) is 0 Å². The van der Waals surface area contributed by atoms with Gasteiger partial charge < -0.3 is 9.80 Å². The Kier molecular flexibility index (Phi) is 16.4. The number of benzene rings is 11. The van der Waals surface area contributed by atoms with Gasteiger partial charge in [-0.3, -0.25) is 0 Å². The van der Waals surface area contributed by atoms with Gasteiger partial charge in [-0.25, -0.2) is 0 Å². The average molecular weight is 1060 g/mol. The van der Waals surface area contributed by atoms with E-state index in [2.05, 4.69) is 355 Å². The van der Waals surface area contributed by atoms with Gasteiger partial charge in [0.2, 0.25) is 0 Å². The number of rotatable bonds is 16. The molecule has 0 unspecified atom stereocenters. The highest BCUT2D eigenvalue weighted by molar-refractivity contribution is 5.93. The van der Waals surface area contributed by atoms with Crippen molar-refractivity contribution in [2.75, 3.05) is 9.80 Å². The van der Waals surface area contributed by atoms with Crippen molar-refractivity contribution >= 4 is 81.7 Å². The lowest BCUT2D eigenvalue weighted by Crippen LogP contribution is -2.13. The Morgan fingerprint density at radius 1 is 0.244 bits per heavy atom. The normalized spacial score (nSPS) is 11.2. The first-order chi connectivity index (χ1) is 40.1. The molecule has 0 aromatic heterocycles. The molecule has 0 saturated carbocycles. The molecule has 0 N–H and O–H groups in total. The molecule has 0 saturated heterocycles. The highest BCUT2D eigenvalue weighted by atomic mass is 15.2. The first-order valence-corrected chi connectivity index (χ1v) is 28.4. The van der Waals surface area contributed by atoms with Crippen LogP contribution < -0.4 is 9.80 Å². The highest BCUT2D eigenvalue weighted by Gasteiger charge is 2.20. The number of hydrogen-bond acceptors (Lipinski definition) is 2. The molecule has 2 nitrogen and oxygen atoms in total. The standard InChI is InChI=1S/C80H68N2/c1-57-51-59(3)79(60(4)52-57)81(75-47-39-67(40-48-75)55-77(69-19-11-7-12-20-69)70-21-13-8-14-22-70)73-43-35-65(36-44-73)33-31-63-27-29-64(30-28-63)32-34-66-37-45-74(46-38-66)82(80-61(5)53-58(2)54-62(80)6)76-49-41-68(42-50-76)56-78(71-23-15-9-16-24-71)72-25-17-10-18-26-72/h7-56H,1-6H3. The van der Waals surface area contributed by atoms with Crippen LogP contribution in [0.15, 0.2) is 267 Å². The largest absolute Gasteiger partial charge is 0.310 e. The smallest absolute Gasteiger partial charge is 0.0520 e. The van der Waals surface area contributed by atoms with Gasteiger partial charge in [0.15, 0.2) is 0 Å². The molecular formula is C80H68N2. The molecule has 398 valence electrons. The molecular weight excluding hydrogens is 989 g/mol. The third kappa shape index (κ3) is 12.7. The van der Waals surface area contributed by atoms with E-state index in [1.54, 1.807) is 0 Å². The van der Waals surface area contributed by atoms with Crippen molar-refractivity contribution in [3.63, 3.8) is 0 Å². The minimum absolute atomic E-state index is 1.11. The van der Waals surface area contributed by atoms with Gasteiger partial charge in [0.25, 0.3) is 0 Å². The lowest BCUT2D eigenvalue weighted by Gasteiger charge is -2.29. The molecule has 0 radical (unpaired) electrons. The predicted octanol–water partition coefficient (Wildman–Crippen LogP) is 22.0. The van der Waals surface area contributed by atoms with Crippen LogP contribution in [0.5, 0.6) is 0 Å². The molecule has 0 amide bonds. The Morgan fingerprint density at radius 3 is 0.683 bits per heavy atom. The van der Waals surface area contributed by atoms with E-state index >= 15 is 0 Å². The maximum atomic E-state index is 2.40. The van der Waals surface area contributed by atoms with E-state index in [9.17, 15) is 0 Å². The van der Waals surface area contributed by atoms with Crippen molar-refractivity contribution in [2.45, 2.75) is 41.5 Å². The zero-order valence-electron chi connectivity index (χ0n) is 47.8. The van der Waals surface area contributed by atoms with Gasteiger partial charge in [0.05, 0.1) is 11.4 Å². The van der Waals surface area contributed by atoms with Crippen molar-refractivity contribution in [3.05, 3.63) is 356 Å². The molecule has 0 fully saturated rings. The quantitative estimate of drug-likeness (QED) is 0.0890. The summed E-state index contributed by atoms with van der Waals surface area (Å²) in [5.41, 5.74) is 28.4. The molecule has 82 heavy (non-hydrogen) atoms. The van der Waals surface area contributed by atoms with E-state index in [1.165, 1.54) is 78.2 Å². The number of hydrogen-bond donors (Lipinski definition) is 0. The molecule has 11 rings (SSSR count). The molecule has 0 bridgehead atoms. The summed E-state index contributed by atoms with van der Waals surface area (Å²) < 4.78 is 0. The van der Waals surface area contributed by atoms with E-state index in [0.717, 1.165) is 56.1 Å². The summed E-state index contributed by atoms with van der Waals surface area (Å²) in [5, 5.41) is 0. The number of aryl methyl sites for hydroxylation is 6. The Labute approximate surface area is 486 Å². The molecule has 2 heteroatoms. The summed E-state index contributed by atoms with van der Waals surface area (Å²) in [6.07, 6.45) is 13.4. The maximum absolute atomic E-state index is 2.40. The summed E-state index contributed by atoms with van der Waals surface area (Å²) >= 11 is 0. The van der Waals surface area contributed by atoms with Crippen LogP contribution in [0.2, 0.25) is 0 Å². The van der Waals surface area contributed by atoms with Crippen LogP contribution in [0.4, 0.5) is 34.1 Å². The second-order valence-electron chi connectivity index (χ2n) is 21.4. The monoisotopic (exact) mass is 1060 g/mol. The van der Waals surface area contributed by atoms with Gasteiger partial charge in [-0.05, 0) is 191 Å². The Bertz CT molecular complexity index is 3660. The third-order valence-electron chi connectivity index (χ3n) is 15.2. The van der Waals surface area contributed by atoms with Crippen LogP contribution >= 0.6 is 0 Å². The molecule has 11 aromatic rings. The van der Waals surface area contributed by atoms with E-state index in [0.29, 0.717) is 0 Å². The average Bonchev–Trinajstić information content (AvgIpc) is 3.53. The van der Waals surface area contributed by atoms with Crippen molar-refractivity contribution in [3.8, 4) is 0 Å². The lowest BCUT2D eigenvalue weighted by molar-refractivity contribution is 1.20. The summed E-state index contributed by atoms with van der Waals surface area (Å²) in [6, 6.07) is 96.2. The van der Waals surface area contributed by atoms with Gasteiger partial charge >= 0.3 is 0 Å². The maximum Gasteiger partial charge on any atom is 0.0520 e. The van der Waals surface area contributed by atoms with Crippen LogP contribution in [0.25, 0.3) is 47.6 Å². The summed E-state index contributed by atoms with van der Waals surface area (Å²) in [4.78, 5) is 4.80. The minimum Gasteiger partial charge on any atom is -0.310 e.